The van der Waals surface area contributed by atoms with Crippen LogP contribution in [0.4, 0.5) is 0 Å². The first-order chi connectivity index (χ1) is 7.58. The highest BCUT2D eigenvalue weighted by Gasteiger charge is 2.19. The zero-order valence-electron chi connectivity index (χ0n) is 13.3. The molecular weight excluding hydrogens is 204 g/mol. The van der Waals surface area contributed by atoms with E-state index in [9.17, 15) is 0 Å². The van der Waals surface area contributed by atoms with Gasteiger partial charge in [0.15, 0.2) is 0 Å². The summed E-state index contributed by atoms with van der Waals surface area (Å²) < 4.78 is 0. The van der Waals surface area contributed by atoms with E-state index in [2.05, 4.69) is 67.5 Å². The van der Waals surface area contributed by atoms with Crippen LogP contribution in [-0.2, 0) is 0 Å². The van der Waals surface area contributed by atoms with Crippen molar-refractivity contribution in [2.45, 2.75) is 74.7 Å². The number of allylic oxidation sites excluding steroid dienone is 4. The predicted molar refractivity (Wildman–Crippen MR) is 80.3 cm³/mol. The fourth-order valence-electron chi connectivity index (χ4n) is 2.24. The number of hydrogen-bond acceptors (Lipinski definition) is 0. The Morgan fingerprint density at radius 3 is 1.88 bits per heavy atom. The molecule has 0 rings (SSSR count). The largest absolute Gasteiger partial charge is 0.0805 e. The van der Waals surface area contributed by atoms with Crippen molar-refractivity contribution in [1.29, 1.82) is 0 Å². The van der Waals surface area contributed by atoms with Crippen molar-refractivity contribution in [2.24, 2.45) is 10.8 Å². The second-order valence-corrected chi connectivity index (χ2v) is 7.20. The fraction of sp³-hybridized carbons (Fsp3) is 0.765. The predicted octanol–water partition coefficient (Wildman–Crippen LogP) is 6.14. The Morgan fingerprint density at radius 1 is 1.00 bits per heavy atom. The first kappa shape index (κ1) is 16.5. The smallest absolute Gasteiger partial charge is 0.0133 e. The van der Waals surface area contributed by atoms with Gasteiger partial charge in [0.1, 0.15) is 0 Å². The molecule has 0 aromatic carbocycles. The Morgan fingerprint density at radius 2 is 1.53 bits per heavy atom. The van der Waals surface area contributed by atoms with Gasteiger partial charge in [0.2, 0.25) is 0 Å². The maximum atomic E-state index is 2.45. The highest BCUT2D eigenvalue weighted by atomic mass is 14.2. The first-order valence-corrected chi connectivity index (χ1v) is 6.98. The van der Waals surface area contributed by atoms with Crippen molar-refractivity contribution in [3.8, 4) is 0 Å². The number of hydrogen-bond donors (Lipinski definition) is 0. The fourth-order valence-corrected chi connectivity index (χ4v) is 2.24. The normalized spacial score (nSPS) is 15.3. The molecule has 0 radical (unpaired) electrons. The third-order valence-electron chi connectivity index (χ3n) is 2.79. The maximum absolute atomic E-state index is 2.45. The molecule has 0 atom stereocenters. The van der Waals surface area contributed by atoms with Crippen molar-refractivity contribution in [3.05, 3.63) is 23.3 Å². The highest BCUT2D eigenvalue weighted by Crippen LogP contribution is 2.33. The molecule has 0 spiro atoms. The molecule has 17 heavy (non-hydrogen) atoms. The van der Waals surface area contributed by atoms with E-state index in [1.165, 1.54) is 30.4 Å². The molecule has 0 saturated carbocycles. The third-order valence-corrected chi connectivity index (χ3v) is 2.79. The Kier molecular flexibility index (Phi) is 6.23. The molecule has 0 N–H and O–H groups in total. The summed E-state index contributed by atoms with van der Waals surface area (Å²) in [6.45, 7) is 18.2. The van der Waals surface area contributed by atoms with Gasteiger partial charge in [-0.25, -0.2) is 0 Å². The summed E-state index contributed by atoms with van der Waals surface area (Å²) in [5.41, 5.74) is 3.47. The summed E-state index contributed by atoms with van der Waals surface area (Å²) in [6, 6.07) is 0. The minimum Gasteiger partial charge on any atom is -0.0805 e. The Hall–Kier alpha value is -0.520. The molecule has 0 amide bonds. The van der Waals surface area contributed by atoms with Gasteiger partial charge in [0.05, 0.1) is 0 Å². The molecule has 0 aromatic rings. The quantitative estimate of drug-likeness (QED) is 0.406. The van der Waals surface area contributed by atoms with E-state index in [0.717, 1.165) is 0 Å². The van der Waals surface area contributed by atoms with Gasteiger partial charge in [-0.05, 0) is 29.7 Å². The summed E-state index contributed by atoms with van der Waals surface area (Å²) in [6.07, 6.45) is 8.62. The summed E-state index contributed by atoms with van der Waals surface area (Å²) in [4.78, 5) is 0. The van der Waals surface area contributed by atoms with Gasteiger partial charge in [-0.1, -0.05) is 79.0 Å². The SMILES string of the molecule is CCCCC=C(C(C)=CC(C)(C)C)C(C)(C)C. The third kappa shape index (κ3) is 7.41. The first-order valence-electron chi connectivity index (χ1n) is 6.98. The molecule has 0 bridgehead atoms. The van der Waals surface area contributed by atoms with Crippen LogP contribution >= 0.6 is 0 Å². The second kappa shape index (κ2) is 6.42. The van der Waals surface area contributed by atoms with E-state index in [1.54, 1.807) is 0 Å². The zero-order valence-corrected chi connectivity index (χ0v) is 13.3. The lowest BCUT2D eigenvalue weighted by Crippen LogP contribution is -2.12. The highest BCUT2D eigenvalue weighted by molar-refractivity contribution is 5.34. The molecule has 0 aromatic heterocycles. The van der Waals surface area contributed by atoms with Crippen LogP contribution in [0.25, 0.3) is 0 Å². The zero-order chi connectivity index (χ0) is 13.7. The minimum atomic E-state index is 0.250. The van der Waals surface area contributed by atoms with Crippen LogP contribution in [-0.4, -0.2) is 0 Å². The van der Waals surface area contributed by atoms with Crippen molar-refractivity contribution in [2.75, 3.05) is 0 Å². The average Bonchev–Trinajstić information content (AvgIpc) is 2.06. The summed E-state index contributed by atoms with van der Waals surface area (Å²) in [7, 11) is 0. The van der Waals surface area contributed by atoms with Crippen molar-refractivity contribution in [1.82, 2.24) is 0 Å². The molecule has 0 saturated heterocycles. The Balaban J connectivity index is 5.08. The number of rotatable bonds is 4. The van der Waals surface area contributed by atoms with Crippen LogP contribution in [0.15, 0.2) is 23.3 Å². The topological polar surface area (TPSA) is 0 Å². The lowest BCUT2D eigenvalue weighted by Gasteiger charge is -2.26. The standard InChI is InChI=1S/C17H32/c1-9-10-11-12-15(17(6,7)8)14(2)13-16(3,4)5/h12-13H,9-11H2,1-8H3. The minimum absolute atomic E-state index is 0.250. The second-order valence-electron chi connectivity index (χ2n) is 7.20. The van der Waals surface area contributed by atoms with E-state index in [-0.39, 0.29) is 10.8 Å². The summed E-state index contributed by atoms with van der Waals surface area (Å²) >= 11 is 0. The lowest BCUT2D eigenvalue weighted by atomic mass is 9.79. The average molecular weight is 236 g/mol. The molecule has 0 nitrogen and oxygen atoms in total. The van der Waals surface area contributed by atoms with Gasteiger partial charge in [-0.15, -0.1) is 0 Å². The van der Waals surface area contributed by atoms with E-state index < -0.39 is 0 Å². The lowest BCUT2D eigenvalue weighted by molar-refractivity contribution is 0.497. The van der Waals surface area contributed by atoms with Gasteiger partial charge in [-0.3, -0.25) is 0 Å². The molecule has 100 valence electrons. The van der Waals surface area contributed by atoms with Crippen LogP contribution in [0.5, 0.6) is 0 Å². The number of unbranched alkanes of at least 4 members (excludes halogenated alkanes) is 2. The van der Waals surface area contributed by atoms with Gasteiger partial charge in [0.25, 0.3) is 0 Å². The van der Waals surface area contributed by atoms with Crippen LogP contribution < -0.4 is 0 Å². The molecule has 0 aliphatic carbocycles. The van der Waals surface area contributed by atoms with Crippen LogP contribution in [0.2, 0.25) is 0 Å². The van der Waals surface area contributed by atoms with E-state index in [4.69, 9.17) is 0 Å². The van der Waals surface area contributed by atoms with Gasteiger partial charge < -0.3 is 0 Å². The van der Waals surface area contributed by atoms with Gasteiger partial charge in [-0.2, -0.15) is 0 Å². The van der Waals surface area contributed by atoms with E-state index in [0.29, 0.717) is 0 Å². The monoisotopic (exact) mass is 236 g/mol. The van der Waals surface area contributed by atoms with Gasteiger partial charge >= 0.3 is 0 Å². The van der Waals surface area contributed by atoms with E-state index >= 15 is 0 Å². The van der Waals surface area contributed by atoms with Crippen molar-refractivity contribution in [3.63, 3.8) is 0 Å². The summed E-state index contributed by atoms with van der Waals surface area (Å²) in [5, 5.41) is 0. The van der Waals surface area contributed by atoms with Gasteiger partial charge in [0, 0.05) is 0 Å². The Bertz CT molecular complexity index is 276. The van der Waals surface area contributed by atoms with Crippen LogP contribution in [0, 0.1) is 10.8 Å². The van der Waals surface area contributed by atoms with E-state index in [1.807, 2.05) is 0 Å². The molecule has 0 heteroatoms. The Labute approximate surface area is 109 Å². The van der Waals surface area contributed by atoms with Crippen molar-refractivity contribution >= 4 is 0 Å². The van der Waals surface area contributed by atoms with Crippen LogP contribution in [0.1, 0.15) is 74.7 Å². The summed E-state index contributed by atoms with van der Waals surface area (Å²) in [5.74, 6) is 0. The molecule has 0 aliphatic rings. The van der Waals surface area contributed by atoms with Crippen LogP contribution in [0.3, 0.4) is 0 Å². The molecular formula is C17H32. The molecule has 0 fully saturated rings. The molecule has 0 heterocycles. The molecule has 0 unspecified atom stereocenters. The maximum Gasteiger partial charge on any atom is -0.0133 e. The van der Waals surface area contributed by atoms with Crippen molar-refractivity contribution < 1.29 is 0 Å². The molecule has 0 aliphatic heterocycles.